The molecule has 0 bridgehead atoms. The molecule has 0 aliphatic rings. The van der Waals surface area contributed by atoms with E-state index < -0.39 is 0 Å². The van der Waals surface area contributed by atoms with E-state index in [0.717, 1.165) is 0 Å². The summed E-state index contributed by atoms with van der Waals surface area (Å²) in [7, 11) is 0. The van der Waals surface area contributed by atoms with Crippen LogP contribution in [-0.2, 0) is 11.3 Å². The molecule has 1 N–H and O–H groups in total. The van der Waals surface area contributed by atoms with Crippen LogP contribution in [-0.4, -0.2) is 21.0 Å². The van der Waals surface area contributed by atoms with E-state index >= 15 is 0 Å². The maximum absolute atomic E-state index is 12.2. The fourth-order valence-corrected chi connectivity index (χ4v) is 1.83. The minimum atomic E-state index is -0.315. The van der Waals surface area contributed by atoms with Gasteiger partial charge in [0.1, 0.15) is 6.54 Å². The van der Waals surface area contributed by atoms with Crippen LogP contribution in [0.25, 0.3) is 10.9 Å². The van der Waals surface area contributed by atoms with Gasteiger partial charge in [-0.2, -0.15) is 0 Å². The van der Waals surface area contributed by atoms with Crippen molar-refractivity contribution in [1.29, 1.82) is 0 Å². The predicted molar refractivity (Wildman–Crippen MR) is 73.9 cm³/mol. The first kappa shape index (κ1) is 13.3. The van der Waals surface area contributed by atoms with Gasteiger partial charge in [0.25, 0.3) is 5.56 Å². The molecule has 1 aromatic carbocycles. The fourth-order valence-electron chi connectivity index (χ4n) is 1.83. The highest BCUT2D eigenvalue weighted by molar-refractivity contribution is 5.79. The highest BCUT2D eigenvalue weighted by Gasteiger charge is 2.14. The molecule has 5 nitrogen and oxygen atoms in total. The predicted octanol–water partition coefficient (Wildman–Crippen LogP) is 1.31. The average Bonchev–Trinajstić information content (AvgIpc) is 2.31. The number of hydrogen-bond acceptors (Lipinski definition) is 3. The van der Waals surface area contributed by atoms with Crippen molar-refractivity contribution in [3.05, 3.63) is 40.9 Å². The number of carbonyl (C=O) groups excluding carboxylic acids is 1. The third-order valence-electron chi connectivity index (χ3n) is 2.56. The Morgan fingerprint density at radius 1 is 1.32 bits per heavy atom. The number of nitrogens with one attached hydrogen (secondary N) is 1. The Labute approximate surface area is 111 Å². The number of fused-ring (bicyclic) bond motifs is 1. The van der Waals surface area contributed by atoms with Crippen molar-refractivity contribution in [2.24, 2.45) is 0 Å². The molecule has 2 aromatic rings. The van der Waals surface area contributed by atoms with Crippen LogP contribution in [0.3, 0.4) is 0 Å². The summed E-state index contributed by atoms with van der Waals surface area (Å²) in [5, 5.41) is 3.34. The lowest BCUT2D eigenvalue weighted by Gasteiger charge is -2.20. The highest BCUT2D eigenvalue weighted by atomic mass is 16.2. The molecule has 19 heavy (non-hydrogen) atoms. The van der Waals surface area contributed by atoms with Crippen LogP contribution < -0.4 is 10.9 Å². The zero-order valence-electron chi connectivity index (χ0n) is 11.3. The first-order valence-electron chi connectivity index (χ1n) is 6.12. The SMILES string of the molecule is CC(C)(C)NC(=O)Cn1cnc2ccccc2c1=O. The third-order valence-corrected chi connectivity index (χ3v) is 2.56. The summed E-state index contributed by atoms with van der Waals surface area (Å²) in [6.45, 7) is 5.67. The second-order valence-corrected chi connectivity index (χ2v) is 5.49. The number of rotatable bonds is 2. The second-order valence-electron chi connectivity index (χ2n) is 5.49. The molecule has 100 valence electrons. The maximum Gasteiger partial charge on any atom is 0.261 e. The van der Waals surface area contributed by atoms with Crippen LogP contribution in [0.2, 0.25) is 0 Å². The molecule has 0 atom stereocenters. The van der Waals surface area contributed by atoms with E-state index in [-0.39, 0.29) is 23.6 Å². The van der Waals surface area contributed by atoms with Crippen molar-refractivity contribution in [2.45, 2.75) is 32.9 Å². The normalized spacial score (nSPS) is 11.5. The summed E-state index contributed by atoms with van der Waals surface area (Å²) in [5.74, 6) is -0.202. The third kappa shape index (κ3) is 3.19. The molecule has 2 rings (SSSR count). The largest absolute Gasteiger partial charge is 0.350 e. The van der Waals surface area contributed by atoms with Crippen molar-refractivity contribution >= 4 is 16.8 Å². The Balaban J connectivity index is 2.29. The van der Waals surface area contributed by atoms with Gasteiger partial charge in [0.15, 0.2) is 0 Å². The molecular formula is C14H17N3O2. The molecule has 5 heteroatoms. The number of nitrogens with zero attached hydrogens (tertiary/aromatic N) is 2. The first-order chi connectivity index (χ1) is 8.87. The van der Waals surface area contributed by atoms with E-state index in [4.69, 9.17) is 0 Å². The molecule has 0 spiro atoms. The van der Waals surface area contributed by atoms with Gasteiger partial charge in [0, 0.05) is 5.54 Å². The van der Waals surface area contributed by atoms with Crippen molar-refractivity contribution in [2.75, 3.05) is 0 Å². The number of benzene rings is 1. The van der Waals surface area contributed by atoms with Crippen LogP contribution in [0.15, 0.2) is 35.4 Å². The summed E-state index contributed by atoms with van der Waals surface area (Å²) in [6, 6.07) is 7.09. The molecule has 1 aromatic heterocycles. The van der Waals surface area contributed by atoms with Gasteiger partial charge in [-0.1, -0.05) is 12.1 Å². The number of amides is 1. The molecule has 0 fully saturated rings. The number of aromatic nitrogens is 2. The van der Waals surface area contributed by atoms with E-state index in [2.05, 4.69) is 10.3 Å². The Morgan fingerprint density at radius 2 is 2.00 bits per heavy atom. The summed E-state index contributed by atoms with van der Waals surface area (Å²) >= 11 is 0. The summed E-state index contributed by atoms with van der Waals surface area (Å²) in [6.07, 6.45) is 1.41. The van der Waals surface area contributed by atoms with Gasteiger partial charge in [0.05, 0.1) is 17.2 Å². The highest BCUT2D eigenvalue weighted by Crippen LogP contribution is 2.04. The van der Waals surface area contributed by atoms with E-state index in [0.29, 0.717) is 10.9 Å². The number of hydrogen-bond donors (Lipinski definition) is 1. The van der Waals surface area contributed by atoms with Gasteiger partial charge in [-0.3, -0.25) is 14.2 Å². The second kappa shape index (κ2) is 4.84. The molecule has 0 saturated heterocycles. The van der Waals surface area contributed by atoms with Crippen LogP contribution >= 0.6 is 0 Å². The Hall–Kier alpha value is -2.17. The van der Waals surface area contributed by atoms with Crippen molar-refractivity contribution in [3.8, 4) is 0 Å². The topological polar surface area (TPSA) is 64.0 Å². The van der Waals surface area contributed by atoms with Crippen molar-refractivity contribution in [1.82, 2.24) is 14.9 Å². The van der Waals surface area contributed by atoms with Crippen LogP contribution in [0.1, 0.15) is 20.8 Å². The summed E-state index contributed by atoms with van der Waals surface area (Å²) < 4.78 is 1.32. The van der Waals surface area contributed by atoms with Crippen molar-refractivity contribution in [3.63, 3.8) is 0 Å². The van der Waals surface area contributed by atoms with Gasteiger partial charge in [-0.25, -0.2) is 4.98 Å². The lowest BCUT2D eigenvalue weighted by molar-refractivity contribution is -0.123. The van der Waals surface area contributed by atoms with E-state index in [9.17, 15) is 9.59 Å². The lowest BCUT2D eigenvalue weighted by Crippen LogP contribution is -2.43. The van der Waals surface area contributed by atoms with Crippen LogP contribution in [0.5, 0.6) is 0 Å². The Morgan fingerprint density at radius 3 is 2.68 bits per heavy atom. The summed E-state index contributed by atoms with van der Waals surface area (Å²) in [5.41, 5.74) is 0.125. The van der Waals surface area contributed by atoms with E-state index in [1.54, 1.807) is 18.2 Å². The molecular weight excluding hydrogens is 242 g/mol. The molecule has 1 heterocycles. The first-order valence-corrected chi connectivity index (χ1v) is 6.12. The quantitative estimate of drug-likeness (QED) is 0.884. The maximum atomic E-state index is 12.2. The zero-order chi connectivity index (χ0) is 14.0. The van der Waals surface area contributed by atoms with E-state index in [1.165, 1.54) is 10.9 Å². The minimum absolute atomic E-state index is 0.0199. The average molecular weight is 259 g/mol. The van der Waals surface area contributed by atoms with E-state index in [1.807, 2.05) is 26.8 Å². The molecule has 0 radical (unpaired) electrons. The van der Waals surface area contributed by atoms with Gasteiger partial charge in [-0.05, 0) is 32.9 Å². The monoisotopic (exact) mass is 259 g/mol. The number of para-hydroxylation sites is 1. The molecule has 0 aliphatic carbocycles. The summed E-state index contributed by atoms with van der Waals surface area (Å²) in [4.78, 5) is 28.2. The minimum Gasteiger partial charge on any atom is -0.350 e. The Bertz CT molecular complexity index is 668. The van der Waals surface area contributed by atoms with Gasteiger partial charge in [0.2, 0.25) is 5.91 Å². The van der Waals surface area contributed by atoms with Crippen molar-refractivity contribution < 1.29 is 4.79 Å². The smallest absolute Gasteiger partial charge is 0.261 e. The van der Waals surface area contributed by atoms with Crippen LogP contribution in [0.4, 0.5) is 0 Å². The van der Waals surface area contributed by atoms with Gasteiger partial charge >= 0.3 is 0 Å². The van der Waals surface area contributed by atoms with Crippen LogP contribution in [0, 0.1) is 0 Å². The molecule has 0 saturated carbocycles. The molecule has 0 aliphatic heterocycles. The molecule has 0 unspecified atom stereocenters. The lowest BCUT2D eigenvalue weighted by atomic mass is 10.1. The Kier molecular flexibility index (Phi) is 3.38. The standard InChI is InChI=1S/C14H17N3O2/c1-14(2,3)16-12(18)8-17-9-15-11-7-5-4-6-10(11)13(17)19/h4-7,9H,8H2,1-3H3,(H,16,18). The number of carbonyl (C=O) groups is 1. The molecule has 1 amide bonds. The fraction of sp³-hybridized carbons (Fsp3) is 0.357. The zero-order valence-corrected chi connectivity index (χ0v) is 11.3. The van der Waals surface area contributed by atoms with Gasteiger partial charge < -0.3 is 5.32 Å². The van der Waals surface area contributed by atoms with Gasteiger partial charge in [-0.15, -0.1) is 0 Å².